The van der Waals surface area contributed by atoms with E-state index in [9.17, 15) is 0 Å². The zero-order valence-electron chi connectivity index (χ0n) is 8.27. The Morgan fingerprint density at radius 1 is 1.33 bits per heavy atom. The summed E-state index contributed by atoms with van der Waals surface area (Å²) in [5.74, 6) is 0.884. The molecular formula is C8H20O. The maximum atomic E-state index is 6.16. The lowest BCUT2D eigenvalue weighted by Crippen LogP contribution is -1.85. The van der Waals surface area contributed by atoms with Gasteiger partial charge in [0.15, 0.2) is 0 Å². The fourth-order valence-corrected chi connectivity index (χ4v) is 0. The average Bonchev–Trinajstić information content (AvgIpc) is 1.89. The molecule has 0 bridgehead atoms. The topological polar surface area (TPSA) is 20.2 Å². The van der Waals surface area contributed by atoms with Gasteiger partial charge in [-0.15, -0.1) is 0 Å². The van der Waals surface area contributed by atoms with Gasteiger partial charge in [-0.25, -0.2) is 0 Å². The summed E-state index contributed by atoms with van der Waals surface area (Å²) in [6.45, 7) is 10.3. The molecule has 0 saturated heterocycles. The summed E-state index contributed by atoms with van der Waals surface area (Å²) in [5, 5.41) is 4.00. The molecule has 0 aliphatic rings. The van der Waals surface area contributed by atoms with Crippen LogP contribution in [0.5, 0.6) is 0 Å². The molecule has 0 aliphatic heterocycles. The van der Waals surface area contributed by atoms with Gasteiger partial charge in [0.05, 0.1) is 0 Å². The molecule has 0 aromatic rings. The zero-order valence-corrected chi connectivity index (χ0v) is 7.27. The Morgan fingerprint density at radius 3 is 1.56 bits per heavy atom. The molecular weight excluding hydrogens is 112 g/mol. The first-order valence-electron chi connectivity index (χ1n) is 4.07. The number of hydrogen-bond donors (Lipinski definition) is 1. The van der Waals surface area contributed by atoms with E-state index < -0.39 is 0 Å². The molecule has 0 atom stereocenters. The van der Waals surface area contributed by atoms with Crippen LogP contribution < -0.4 is 0 Å². The van der Waals surface area contributed by atoms with Gasteiger partial charge in [0, 0.05) is 6.10 Å². The van der Waals surface area contributed by atoms with Crippen molar-refractivity contribution >= 4 is 0 Å². The summed E-state index contributed by atoms with van der Waals surface area (Å²) in [6, 6.07) is 0. The van der Waals surface area contributed by atoms with Crippen molar-refractivity contribution in [2.75, 3.05) is 0 Å². The lowest BCUT2D eigenvalue weighted by molar-refractivity contribution is 0.216. The largest absolute Gasteiger partial charge is 0.394 e. The van der Waals surface area contributed by atoms with Crippen molar-refractivity contribution < 1.29 is 5.11 Å². The molecule has 0 saturated carbocycles. The third-order valence-corrected chi connectivity index (χ3v) is 0.816. The van der Waals surface area contributed by atoms with E-state index in [2.05, 4.69) is 25.9 Å². The predicted octanol–water partition coefficient (Wildman–Crippen LogP) is 2.44. The van der Waals surface area contributed by atoms with Crippen LogP contribution in [0.4, 0.5) is 0 Å². The standard InChI is InChI=1S/C5H12.C3H8O/c1-4-5(2)3;1-3(2)4/h5H,4H2,1-3H3;3-4H,1-2H3/i;4D. The third-order valence-electron chi connectivity index (χ3n) is 0.816. The SMILES string of the molecule is CCC(C)C.[2H]OC(C)C. The third kappa shape index (κ3) is 73.6. The van der Waals surface area contributed by atoms with E-state index in [1.54, 1.807) is 0 Å². The van der Waals surface area contributed by atoms with Crippen molar-refractivity contribution in [1.29, 1.82) is 1.43 Å². The smallest absolute Gasteiger partial charge is 0.210 e. The van der Waals surface area contributed by atoms with Gasteiger partial charge in [0.25, 0.3) is 0 Å². The molecule has 0 rings (SSSR count). The Morgan fingerprint density at radius 2 is 1.56 bits per heavy atom. The van der Waals surface area contributed by atoms with Crippen LogP contribution in [0.1, 0.15) is 41.0 Å². The van der Waals surface area contributed by atoms with Gasteiger partial charge in [-0.3, -0.25) is 0 Å². The summed E-state index contributed by atoms with van der Waals surface area (Å²) in [6.07, 6.45) is 1.36. The second-order valence-corrected chi connectivity index (χ2v) is 2.85. The minimum atomic E-state index is 0.0509. The molecule has 1 heteroatoms. The molecule has 0 radical (unpaired) electrons. The Bertz CT molecular complexity index is 45.2. The molecule has 0 spiro atoms. The molecule has 0 aromatic carbocycles. The Hall–Kier alpha value is -0.0400. The first-order chi connectivity index (χ1) is 4.54. The molecule has 1 N–H and O–H groups in total. The average molecular weight is 133 g/mol. The van der Waals surface area contributed by atoms with Crippen molar-refractivity contribution in [3.8, 4) is 0 Å². The van der Waals surface area contributed by atoms with Crippen molar-refractivity contribution in [3.63, 3.8) is 0 Å². The molecule has 0 amide bonds. The van der Waals surface area contributed by atoms with Gasteiger partial charge >= 0.3 is 0 Å². The highest BCUT2D eigenvalue weighted by Gasteiger charge is 1.80. The summed E-state index contributed by atoms with van der Waals surface area (Å²) < 4.78 is 6.16. The Labute approximate surface area is 60.6 Å². The van der Waals surface area contributed by atoms with Gasteiger partial charge in [-0.1, -0.05) is 27.2 Å². The Kier molecular flexibility index (Phi) is 7.92. The number of aliphatic hydroxyl groups excluding tert-OH is 1. The number of hydrogen-bond acceptors (Lipinski definition) is 1. The maximum absolute atomic E-state index is 6.16. The van der Waals surface area contributed by atoms with E-state index in [4.69, 9.17) is 1.43 Å². The van der Waals surface area contributed by atoms with E-state index in [1.165, 1.54) is 6.42 Å². The van der Waals surface area contributed by atoms with Crippen LogP contribution in [-0.2, 0) is 0 Å². The first kappa shape index (κ1) is 8.96. The van der Waals surface area contributed by atoms with E-state index >= 15 is 0 Å². The van der Waals surface area contributed by atoms with Gasteiger partial charge in [0.1, 0.15) is 0 Å². The van der Waals surface area contributed by atoms with Crippen molar-refractivity contribution in [2.45, 2.75) is 47.1 Å². The zero-order chi connectivity index (χ0) is 8.57. The van der Waals surface area contributed by atoms with Crippen LogP contribution in [0, 0.1) is 5.92 Å². The number of rotatable bonds is 2. The Balaban J connectivity index is 0. The molecule has 0 unspecified atom stereocenters. The van der Waals surface area contributed by atoms with Crippen molar-refractivity contribution in [2.24, 2.45) is 5.92 Å². The second kappa shape index (κ2) is 7.96. The van der Waals surface area contributed by atoms with Crippen LogP contribution in [0.25, 0.3) is 0 Å². The van der Waals surface area contributed by atoms with Crippen molar-refractivity contribution in [1.82, 2.24) is 0 Å². The summed E-state index contributed by atoms with van der Waals surface area (Å²) >= 11 is 0. The fourth-order valence-electron chi connectivity index (χ4n) is 0. The summed E-state index contributed by atoms with van der Waals surface area (Å²) in [4.78, 5) is 0. The van der Waals surface area contributed by atoms with Crippen LogP contribution in [0.3, 0.4) is 0 Å². The van der Waals surface area contributed by atoms with Crippen molar-refractivity contribution in [3.05, 3.63) is 0 Å². The monoisotopic (exact) mass is 133 g/mol. The molecule has 0 aliphatic carbocycles. The van der Waals surface area contributed by atoms with E-state index in [0.717, 1.165) is 5.92 Å². The number of aliphatic hydroxyl groups is 1. The van der Waals surface area contributed by atoms with Gasteiger partial charge in [-0.05, 0) is 19.8 Å². The van der Waals surface area contributed by atoms with E-state index in [-0.39, 0.29) is 6.10 Å². The van der Waals surface area contributed by atoms with E-state index in [1.807, 2.05) is 13.8 Å². The molecule has 1 nitrogen and oxygen atoms in total. The second-order valence-electron chi connectivity index (χ2n) is 2.85. The van der Waals surface area contributed by atoms with Crippen LogP contribution in [0.2, 0.25) is 0 Å². The molecule has 58 valence electrons. The highest BCUT2D eigenvalue weighted by Crippen LogP contribution is 1.93. The van der Waals surface area contributed by atoms with Crippen LogP contribution in [-0.4, -0.2) is 12.6 Å². The van der Waals surface area contributed by atoms with Gasteiger partial charge in [-0.2, -0.15) is 0 Å². The molecule has 0 aromatic heterocycles. The predicted molar refractivity (Wildman–Crippen MR) is 42.5 cm³/mol. The van der Waals surface area contributed by atoms with Gasteiger partial charge < -0.3 is 5.11 Å². The van der Waals surface area contributed by atoms with Crippen LogP contribution in [0.15, 0.2) is 0 Å². The van der Waals surface area contributed by atoms with Gasteiger partial charge in [0.2, 0.25) is 1.43 Å². The molecule has 9 heavy (non-hydrogen) atoms. The maximum Gasteiger partial charge on any atom is 0.210 e. The molecule has 0 fully saturated rings. The quantitative estimate of drug-likeness (QED) is 0.613. The normalized spacial score (nSPS) is 10.8. The van der Waals surface area contributed by atoms with E-state index in [0.29, 0.717) is 0 Å². The fraction of sp³-hybridized carbons (Fsp3) is 1.00. The highest BCUT2D eigenvalue weighted by atomic mass is 16.3. The molecule has 0 heterocycles. The lowest BCUT2D eigenvalue weighted by atomic mass is 10.2. The minimum Gasteiger partial charge on any atom is -0.394 e. The highest BCUT2D eigenvalue weighted by molar-refractivity contribution is 4.32. The first-order valence-corrected chi connectivity index (χ1v) is 3.66. The summed E-state index contributed by atoms with van der Waals surface area (Å²) in [5.41, 5.74) is 0. The summed E-state index contributed by atoms with van der Waals surface area (Å²) in [7, 11) is 0. The minimum absolute atomic E-state index is 0.0509. The van der Waals surface area contributed by atoms with Crippen LogP contribution >= 0.6 is 0 Å². The lowest BCUT2D eigenvalue weighted by Gasteiger charge is -1.90.